The van der Waals surface area contributed by atoms with Gasteiger partial charge >= 0.3 is 0 Å². The highest BCUT2D eigenvalue weighted by atomic mass is 16.1. The second kappa shape index (κ2) is 7.95. The molecule has 0 saturated heterocycles. The molecule has 0 unspecified atom stereocenters. The molecule has 0 amide bonds. The lowest BCUT2D eigenvalue weighted by Crippen LogP contribution is -2.24. The maximum absolute atomic E-state index is 12.8. The number of nitrogens with zero attached hydrogens (tertiary/aromatic N) is 5. The molecule has 3 aromatic heterocycles. The molecule has 0 atom stereocenters. The van der Waals surface area contributed by atoms with Crippen LogP contribution in [0.3, 0.4) is 0 Å². The van der Waals surface area contributed by atoms with Crippen molar-refractivity contribution in [3.05, 3.63) is 77.7 Å². The Morgan fingerprint density at radius 3 is 2.44 bits per heavy atom. The van der Waals surface area contributed by atoms with E-state index in [9.17, 15) is 4.79 Å². The summed E-state index contributed by atoms with van der Waals surface area (Å²) >= 11 is 0. The normalized spacial score (nSPS) is 11.1. The first-order valence-corrected chi connectivity index (χ1v) is 9.20. The van der Waals surface area contributed by atoms with Gasteiger partial charge in [0.25, 0.3) is 5.56 Å². The molecule has 4 rings (SSSR count). The van der Waals surface area contributed by atoms with Crippen molar-refractivity contribution in [2.75, 3.05) is 0 Å². The number of aryl methyl sites for hydroxylation is 2. The molecule has 0 aliphatic heterocycles. The number of benzene rings is 1. The van der Waals surface area contributed by atoms with Crippen molar-refractivity contribution in [3.8, 4) is 11.4 Å². The number of imidazole rings is 1. The van der Waals surface area contributed by atoms with Crippen LogP contribution in [0, 0.1) is 0 Å². The van der Waals surface area contributed by atoms with Crippen molar-refractivity contribution < 1.29 is 0 Å². The van der Waals surface area contributed by atoms with Gasteiger partial charge in [0.15, 0.2) is 0 Å². The second-order valence-electron chi connectivity index (χ2n) is 6.50. The van der Waals surface area contributed by atoms with Crippen molar-refractivity contribution >= 4 is 10.8 Å². The van der Waals surface area contributed by atoms with Crippen LogP contribution in [0.2, 0.25) is 0 Å². The van der Waals surface area contributed by atoms with E-state index in [1.807, 2.05) is 55.0 Å². The van der Waals surface area contributed by atoms with Gasteiger partial charge in [-0.15, -0.1) is 0 Å². The van der Waals surface area contributed by atoms with Crippen molar-refractivity contribution in [2.24, 2.45) is 0 Å². The maximum Gasteiger partial charge on any atom is 0.274 e. The molecule has 0 bridgehead atoms. The summed E-state index contributed by atoms with van der Waals surface area (Å²) in [5.74, 6) is 0. The Kier molecular flexibility index (Phi) is 5.05. The Labute approximate surface area is 157 Å². The van der Waals surface area contributed by atoms with E-state index in [0.717, 1.165) is 42.6 Å². The fourth-order valence-corrected chi connectivity index (χ4v) is 3.23. The molecular formula is C21H21N5O. The van der Waals surface area contributed by atoms with Gasteiger partial charge in [-0.3, -0.25) is 9.78 Å². The van der Waals surface area contributed by atoms with Gasteiger partial charge < -0.3 is 4.57 Å². The first kappa shape index (κ1) is 17.1. The van der Waals surface area contributed by atoms with Crippen molar-refractivity contribution in [3.63, 3.8) is 0 Å². The molecule has 0 N–H and O–H groups in total. The summed E-state index contributed by atoms with van der Waals surface area (Å²) in [5, 5.41) is 6.18. The first-order valence-electron chi connectivity index (χ1n) is 9.20. The lowest BCUT2D eigenvalue weighted by molar-refractivity contribution is 0.507. The molecule has 6 nitrogen and oxygen atoms in total. The lowest BCUT2D eigenvalue weighted by atomic mass is 10.1. The number of fused-ring (bicyclic) bond motifs is 1. The highest BCUT2D eigenvalue weighted by Crippen LogP contribution is 2.22. The number of rotatable bonds is 7. The highest BCUT2D eigenvalue weighted by Gasteiger charge is 2.12. The third-order valence-electron chi connectivity index (χ3n) is 4.62. The van der Waals surface area contributed by atoms with Gasteiger partial charge in [-0.2, -0.15) is 5.10 Å². The van der Waals surface area contributed by atoms with E-state index in [2.05, 4.69) is 19.6 Å². The third kappa shape index (κ3) is 3.79. The topological polar surface area (TPSA) is 65.6 Å². The molecule has 0 spiro atoms. The van der Waals surface area contributed by atoms with E-state index in [1.165, 1.54) is 0 Å². The van der Waals surface area contributed by atoms with E-state index >= 15 is 0 Å². The van der Waals surface area contributed by atoms with E-state index < -0.39 is 0 Å². The van der Waals surface area contributed by atoms with Crippen molar-refractivity contribution in [2.45, 2.75) is 32.4 Å². The summed E-state index contributed by atoms with van der Waals surface area (Å²) in [4.78, 5) is 21.3. The maximum atomic E-state index is 12.8. The Morgan fingerprint density at radius 2 is 1.67 bits per heavy atom. The molecule has 27 heavy (non-hydrogen) atoms. The van der Waals surface area contributed by atoms with Crippen molar-refractivity contribution in [1.82, 2.24) is 24.3 Å². The van der Waals surface area contributed by atoms with Gasteiger partial charge in [0.05, 0.1) is 17.4 Å². The van der Waals surface area contributed by atoms with Crippen LogP contribution in [-0.4, -0.2) is 24.3 Å². The Bertz CT molecular complexity index is 1070. The molecule has 0 aliphatic carbocycles. The average molecular weight is 359 g/mol. The molecule has 3 heterocycles. The summed E-state index contributed by atoms with van der Waals surface area (Å²) in [6.45, 7) is 1.55. The smallest absolute Gasteiger partial charge is 0.274 e. The van der Waals surface area contributed by atoms with Gasteiger partial charge in [0.1, 0.15) is 5.69 Å². The summed E-state index contributed by atoms with van der Waals surface area (Å²) < 4.78 is 3.66. The minimum Gasteiger partial charge on any atom is -0.337 e. The predicted molar refractivity (Wildman–Crippen MR) is 105 cm³/mol. The molecule has 0 aliphatic rings. The van der Waals surface area contributed by atoms with E-state index in [4.69, 9.17) is 0 Å². The van der Waals surface area contributed by atoms with E-state index in [1.54, 1.807) is 17.1 Å². The summed E-state index contributed by atoms with van der Waals surface area (Å²) in [5.41, 5.74) is 1.49. The molecule has 4 aromatic rings. The average Bonchev–Trinajstić information content (AvgIpc) is 3.24. The summed E-state index contributed by atoms with van der Waals surface area (Å²) in [6, 6.07) is 13.4. The molecule has 0 fully saturated rings. The zero-order valence-electron chi connectivity index (χ0n) is 15.0. The van der Waals surface area contributed by atoms with E-state index in [-0.39, 0.29) is 5.56 Å². The fraction of sp³-hybridized carbons (Fsp3) is 0.238. The third-order valence-corrected chi connectivity index (χ3v) is 4.62. The Balaban J connectivity index is 1.55. The van der Waals surface area contributed by atoms with Crippen molar-refractivity contribution in [1.29, 1.82) is 0 Å². The minimum atomic E-state index is -0.0418. The van der Waals surface area contributed by atoms with Gasteiger partial charge in [-0.25, -0.2) is 9.67 Å². The Morgan fingerprint density at radius 1 is 0.852 bits per heavy atom. The first-order chi connectivity index (χ1) is 13.3. The number of aromatic nitrogens is 5. The molecule has 0 saturated carbocycles. The van der Waals surface area contributed by atoms with Crippen LogP contribution in [0.15, 0.2) is 72.2 Å². The lowest BCUT2D eigenvalue weighted by Gasteiger charge is -2.11. The second-order valence-corrected chi connectivity index (χ2v) is 6.50. The van der Waals surface area contributed by atoms with Gasteiger partial charge in [-0.1, -0.05) is 24.3 Å². The van der Waals surface area contributed by atoms with Gasteiger partial charge in [0, 0.05) is 37.1 Å². The van der Waals surface area contributed by atoms with Crippen LogP contribution in [-0.2, 0) is 13.1 Å². The van der Waals surface area contributed by atoms with Gasteiger partial charge in [-0.05, 0) is 37.5 Å². The minimum absolute atomic E-state index is 0.0418. The van der Waals surface area contributed by atoms with Crippen LogP contribution < -0.4 is 5.56 Å². The Hall–Kier alpha value is -3.28. The SMILES string of the molecule is O=c1c2ccccc2c(-c2ccccn2)nn1CCCCCn1ccnc1. The van der Waals surface area contributed by atoms with Gasteiger partial charge in [0.2, 0.25) is 0 Å². The number of pyridine rings is 1. The van der Waals surface area contributed by atoms with Crippen LogP contribution in [0.5, 0.6) is 0 Å². The fourth-order valence-electron chi connectivity index (χ4n) is 3.23. The summed E-state index contributed by atoms with van der Waals surface area (Å²) in [6.07, 6.45) is 10.3. The van der Waals surface area contributed by atoms with Crippen LogP contribution >= 0.6 is 0 Å². The van der Waals surface area contributed by atoms with Crippen LogP contribution in [0.25, 0.3) is 22.2 Å². The molecule has 136 valence electrons. The standard InChI is InChI=1S/C21H21N5O/c27-21-18-9-3-2-8-17(18)20(19-10-4-5-11-23-19)24-26(21)14-7-1-6-13-25-15-12-22-16-25/h2-5,8-12,15-16H,1,6-7,13-14H2. The largest absolute Gasteiger partial charge is 0.337 e. The zero-order chi connectivity index (χ0) is 18.5. The molecule has 0 radical (unpaired) electrons. The number of hydrogen-bond donors (Lipinski definition) is 0. The highest BCUT2D eigenvalue weighted by molar-refractivity contribution is 5.92. The van der Waals surface area contributed by atoms with Crippen LogP contribution in [0.1, 0.15) is 19.3 Å². The van der Waals surface area contributed by atoms with E-state index in [0.29, 0.717) is 11.9 Å². The molecule has 6 heteroatoms. The molecule has 1 aromatic carbocycles. The molecular weight excluding hydrogens is 338 g/mol. The number of unbranched alkanes of at least 4 members (excludes halogenated alkanes) is 2. The summed E-state index contributed by atoms with van der Waals surface area (Å²) in [7, 11) is 0. The van der Waals surface area contributed by atoms with Crippen LogP contribution in [0.4, 0.5) is 0 Å². The predicted octanol–water partition coefficient (Wildman–Crippen LogP) is 3.53. The monoisotopic (exact) mass is 359 g/mol. The quantitative estimate of drug-likeness (QED) is 0.474. The number of hydrogen-bond acceptors (Lipinski definition) is 4. The zero-order valence-corrected chi connectivity index (χ0v) is 15.0.